The van der Waals surface area contributed by atoms with Gasteiger partial charge in [0.15, 0.2) is 0 Å². The van der Waals surface area contributed by atoms with Crippen LogP contribution in [0.5, 0.6) is 5.75 Å². The van der Waals surface area contributed by atoms with Gasteiger partial charge < -0.3 is 10.1 Å². The first kappa shape index (κ1) is 14.5. The van der Waals surface area contributed by atoms with Crippen molar-refractivity contribution in [2.24, 2.45) is 0 Å². The summed E-state index contributed by atoms with van der Waals surface area (Å²) < 4.78 is 7.11. The van der Waals surface area contributed by atoms with Crippen molar-refractivity contribution in [3.63, 3.8) is 0 Å². The second-order valence-corrected chi connectivity index (χ2v) is 4.67. The van der Waals surface area contributed by atoms with Crippen LogP contribution in [0, 0.1) is 0 Å². The molecule has 0 aliphatic carbocycles. The summed E-state index contributed by atoms with van der Waals surface area (Å²) in [5.41, 5.74) is 1.30. The molecule has 0 saturated carbocycles. The van der Waals surface area contributed by atoms with Crippen molar-refractivity contribution in [3.05, 3.63) is 42.0 Å². The Morgan fingerprint density at radius 2 is 2.05 bits per heavy atom. The molecule has 0 radical (unpaired) electrons. The van der Waals surface area contributed by atoms with E-state index in [1.165, 1.54) is 5.56 Å². The Kier molecular flexibility index (Phi) is 5.55. The van der Waals surface area contributed by atoms with Gasteiger partial charge in [-0.25, -0.2) is 9.67 Å². The third-order valence-corrected chi connectivity index (χ3v) is 3.16. The average molecular weight is 274 g/mol. The summed E-state index contributed by atoms with van der Waals surface area (Å²) in [5, 5.41) is 7.62. The molecule has 0 atom stereocenters. The van der Waals surface area contributed by atoms with Gasteiger partial charge in [-0.1, -0.05) is 19.1 Å². The van der Waals surface area contributed by atoms with Crippen LogP contribution >= 0.6 is 0 Å². The lowest BCUT2D eigenvalue weighted by Gasteiger charge is -2.07. The molecular formula is C15H22N4O. The molecule has 0 saturated heterocycles. The van der Waals surface area contributed by atoms with E-state index in [1.807, 2.05) is 16.8 Å². The molecule has 0 fully saturated rings. The van der Waals surface area contributed by atoms with E-state index < -0.39 is 0 Å². The van der Waals surface area contributed by atoms with Gasteiger partial charge in [-0.2, -0.15) is 5.10 Å². The Hall–Kier alpha value is -1.88. The lowest BCUT2D eigenvalue weighted by atomic mass is 10.1. The maximum atomic E-state index is 5.15. The number of aromatic nitrogens is 3. The minimum absolute atomic E-state index is 0.760. The molecule has 108 valence electrons. The van der Waals surface area contributed by atoms with E-state index in [9.17, 15) is 0 Å². The zero-order chi connectivity index (χ0) is 14.2. The van der Waals surface area contributed by atoms with Crippen molar-refractivity contribution < 1.29 is 4.74 Å². The highest BCUT2D eigenvalue weighted by Crippen LogP contribution is 2.11. The van der Waals surface area contributed by atoms with Crippen molar-refractivity contribution in [1.82, 2.24) is 20.1 Å². The van der Waals surface area contributed by atoms with Crippen molar-refractivity contribution in [3.8, 4) is 5.75 Å². The topological polar surface area (TPSA) is 52.0 Å². The average Bonchev–Trinajstić information content (AvgIpc) is 2.92. The summed E-state index contributed by atoms with van der Waals surface area (Å²) in [6, 6.07) is 8.18. The molecule has 0 amide bonds. The number of hydrogen-bond acceptors (Lipinski definition) is 4. The number of aryl methyl sites for hydroxylation is 1. The fourth-order valence-electron chi connectivity index (χ4n) is 2.05. The van der Waals surface area contributed by atoms with Crippen LogP contribution in [-0.2, 0) is 19.5 Å². The summed E-state index contributed by atoms with van der Waals surface area (Å²) in [6.45, 7) is 4.75. The Morgan fingerprint density at radius 3 is 2.75 bits per heavy atom. The molecule has 0 unspecified atom stereocenters. The Balaban J connectivity index is 1.74. The molecule has 0 aliphatic rings. The quantitative estimate of drug-likeness (QED) is 0.748. The zero-order valence-electron chi connectivity index (χ0n) is 12.2. The summed E-state index contributed by atoms with van der Waals surface area (Å²) in [6.07, 6.45) is 3.68. The summed E-state index contributed by atoms with van der Waals surface area (Å²) in [7, 11) is 1.68. The molecule has 1 N–H and O–H groups in total. The van der Waals surface area contributed by atoms with E-state index >= 15 is 0 Å². The number of nitrogens with zero attached hydrogens (tertiary/aromatic N) is 3. The number of rotatable bonds is 8. The van der Waals surface area contributed by atoms with Gasteiger partial charge in [-0.3, -0.25) is 0 Å². The third kappa shape index (κ3) is 4.06. The fourth-order valence-corrected chi connectivity index (χ4v) is 2.05. The number of hydrogen-bond donors (Lipinski definition) is 1. The van der Waals surface area contributed by atoms with E-state index in [-0.39, 0.29) is 0 Å². The molecule has 0 aliphatic heterocycles. The maximum absolute atomic E-state index is 5.15. The van der Waals surface area contributed by atoms with E-state index in [4.69, 9.17) is 4.74 Å². The van der Waals surface area contributed by atoms with E-state index in [2.05, 4.69) is 34.5 Å². The van der Waals surface area contributed by atoms with Crippen molar-refractivity contribution in [1.29, 1.82) is 0 Å². The molecule has 20 heavy (non-hydrogen) atoms. The van der Waals surface area contributed by atoms with Crippen LogP contribution in [0.1, 0.15) is 24.7 Å². The lowest BCUT2D eigenvalue weighted by molar-refractivity contribution is 0.414. The predicted octanol–water partition coefficient (Wildman–Crippen LogP) is 2.03. The molecule has 1 aromatic carbocycles. The Bertz CT molecular complexity index is 507. The van der Waals surface area contributed by atoms with Gasteiger partial charge in [0.25, 0.3) is 0 Å². The molecule has 0 bridgehead atoms. The highest BCUT2D eigenvalue weighted by Gasteiger charge is 2.02. The number of methoxy groups -OCH3 is 1. The molecule has 1 aromatic heterocycles. The van der Waals surface area contributed by atoms with E-state index in [0.717, 1.165) is 44.0 Å². The van der Waals surface area contributed by atoms with Crippen LogP contribution in [-0.4, -0.2) is 28.4 Å². The zero-order valence-corrected chi connectivity index (χ0v) is 12.2. The SMILES string of the molecule is CCCn1ncnc1CNCCc1ccc(OC)cc1. The smallest absolute Gasteiger partial charge is 0.140 e. The van der Waals surface area contributed by atoms with Gasteiger partial charge in [-0.05, 0) is 37.1 Å². The van der Waals surface area contributed by atoms with Gasteiger partial charge in [0.1, 0.15) is 17.9 Å². The molecule has 1 heterocycles. The lowest BCUT2D eigenvalue weighted by Crippen LogP contribution is -2.20. The van der Waals surface area contributed by atoms with Gasteiger partial charge in [0.05, 0.1) is 13.7 Å². The maximum Gasteiger partial charge on any atom is 0.140 e. The fraction of sp³-hybridized carbons (Fsp3) is 0.467. The summed E-state index contributed by atoms with van der Waals surface area (Å²) >= 11 is 0. The summed E-state index contributed by atoms with van der Waals surface area (Å²) in [4.78, 5) is 4.27. The number of nitrogens with one attached hydrogen (secondary N) is 1. The Labute approximate surface area is 120 Å². The van der Waals surface area contributed by atoms with Crippen molar-refractivity contribution >= 4 is 0 Å². The predicted molar refractivity (Wildman–Crippen MR) is 78.7 cm³/mol. The van der Waals surface area contributed by atoms with Crippen LogP contribution in [0.4, 0.5) is 0 Å². The third-order valence-electron chi connectivity index (χ3n) is 3.16. The minimum atomic E-state index is 0.760. The second-order valence-electron chi connectivity index (χ2n) is 4.67. The first-order valence-corrected chi connectivity index (χ1v) is 7.03. The highest BCUT2D eigenvalue weighted by atomic mass is 16.5. The van der Waals surface area contributed by atoms with Gasteiger partial charge in [-0.15, -0.1) is 0 Å². The van der Waals surface area contributed by atoms with E-state index in [1.54, 1.807) is 13.4 Å². The van der Waals surface area contributed by atoms with Crippen LogP contribution in [0.2, 0.25) is 0 Å². The number of ether oxygens (including phenoxy) is 1. The van der Waals surface area contributed by atoms with Crippen LogP contribution < -0.4 is 10.1 Å². The molecule has 2 aromatic rings. The molecule has 2 rings (SSSR count). The van der Waals surface area contributed by atoms with Gasteiger partial charge in [0, 0.05) is 6.54 Å². The first-order valence-electron chi connectivity index (χ1n) is 7.03. The monoisotopic (exact) mass is 274 g/mol. The van der Waals surface area contributed by atoms with Gasteiger partial charge in [0.2, 0.25) is 0 Å². The largest absolute Gasteiger partial charge is 0.497 e. The molecule has 0 spiro atoms. The van der Waals surface area contributed by atoms with Gasteiger partial charge >= 0.3 is 0 Å². The highest BCUT2D eigenvalue weighted by molar-refractivity contribution is 5.27. The second kappa shape index (κ2) is 7.65. The van der Waals surface area contributed by atoms with Crippen LogP contribution in [0.3, 0.4) is 0 Å². The van der Waals surface area contributed by atoms with E-state index in [0.29, 0.717) is 0 Å². The molecular weight excluding hydrogens is 252 g/mol. The number of benzene rings is 1. The first-order chi connectivity index (χ1) is 9.83. The molecule has 5 heteroatoms. The standard InChI is InChI=1S/C15H22N4O/c1-3-10-19-15(17-12-18-19)11-16-9-8-13-4-6-14(20-2)7-5-13/h4-7,12,16H,3,8-11H2,1-2H3. The van der Waals surface area contributed by atoms with Crippen molar-refractivity contribution in [2.75, 3.05) is 13.7 Å². The Morgan fingerprint density at radius 1 is 1.25 bits per heavy atom. The minimum Gasteiger partial charge on any atom is -0.497 e. The van der Waals surface area contributed by atoms with Crippen LogP contribution in [0.15, 0.2) is 30.6 Å². The van der Waals surface area contributed by atoms with Crippen LogP contribution in [0.25, 0.3) is 0 Å². The van der Waals surface area contributed by atoms with Crippen molar-refractivity contribution in [2.45, 2.75) is 32.9 Å². The summed E-state index contributed by atoms with van der Waals surface area (Å²) in [5.74, 6) is 1.90. The normalized spacial score (nSPS) is 10.7. The molecule has 5 nitrogen and oxygen atoms in total.